The molecule has 24 heavy (non-hydrogen) atoms. The maximum Gasteiger partial charge on any atom is 0.377 e. The van der Waals surface area contributed by atoms with Crippen molar-refractivity contribution >= 4 is 11.9 Å². The van der Waals surface area contributed by atoms with E-state index in [1.54, 1.807) is 0 Å². The number of carbonyl (C=O) groups is 2. The Labute approximate surface area is 141 Å². The molecule has 6 nitrogen and oxygen atoms in total. The predicted molar refractivity (Wildman–Crippen MR) is 87.7 cm³/mol. The summed E-state index contributed by atoms with van der Waals surface area (Å²) < 4.78 is 15.1. The lowest BCUT2D eigenvalue weighted by Crippen LogP contribution is -2.33. The first-order chi connectivity index (χ1) is 11.6. The van der Waals surface area contributed by atoms with Crippen molar-refractivity contribution < 1.29 is 23.8 Å². The SMILES string of the molecule is CC(C)C[C@H](NC(=O)COC(=O)C1=COCCO1)c1ccccc1. The van der Waals surface area contributed by atoms with E-state index in [1.165, 1.54) is 6.26 Å². The molecule has 0 bridgehead atoms. The average molecular weight is 333 g/mol. The number of ether oxygens (including phenoxy) is 3. The smallest absolute Gasteiger partial charge is 0.377 e. The lowest BCUT2D eigenvalue weighted by molar-refractivity contribution is -0.149. The molecule has 0 aromatic heterocycles. The highest BCUT2D eigenvalue weighted by Gasteiger charge is 2.20. The summed E-state index contributed by atoms with van der Waals surface area (Å²) in [6.07, 6.45) is 2.00. The van der Waals surface area contributed by atoms with Crippen LogP contribution in [0.3, 0.4) is 0 Å². The molecule has 0 radical (unpaired) electrons. The van der Waals surface area contributed by atoms with E-state index in [4.69, 9.17) is 14.2 Å². The van der Waals surface area contributed by atoms with Crippen LogP contribution in [-0.2, 0) is 23.8 Å². The van der Waals surface area contributed by atoms with Crippen molar-refractivity contribution in [2.75, 3.05) is 19.8 Å². The highest BCUT2D eigenvalue weighted by Crippen LogP contribution is 2.21. The van der Waals surface area contributed by atoms with Crippen molar-refractivity contribution in [1.82, 2.24) is 5.32 Å². The van der Waals surface area contributed by atoms with E-state index >= 15 is 0 Å². The van der Waals surface area contributed by atoms with Gasteiger partial charge in [0.2, 0.25) is 5.76 Å². The third-order valence-electron chi connectivity index (χ3n) is 3.43. The molecule has 0 saturated heterocycles. The first kappa shape index (κ1) is 17.8. The van der Waals surface area contributed by atoms with E-state index in [0.29, 0.717) is 12.5 Å². The van der Waals surface area contributed by atoms with Crippen molar-refractivity contribution in [1.29, 1.82) is 0 Å². The van der Waals surface area contributed by atoms with Crippen LogP contribution >= 0.6 is 0 Å². The van der Waals surface area contributed by atoms with E-state index in [0.717, 1.165) is 12.0 Å². The Kier molecular flexibility index (Phi) is 6.66. The minimum atomic E-state index is -0.704. The number of carbonyl (C=O) groups excluding carboxylic acids is 2. The summed E-state index contributed by atoms with van der Waals surface area (Å²) in [5.41, 5.74) is 1.03. The van der Waals surface area contributed by atoms with Crippen LogP contribution in [0.25, 0.3) is 0 Å². The number of hydrogen-bond acceptors (Lipinski definition) is 5. The molecule has 130 valence electrons. The predicted octanol–water partition coefficient (Wildman–Crippen LogP) is 2.32. The summed E-state index contributed by atoms with van der Waals surface area (Å²) in [6.45, 7) is 4.51. The fourth-order valence-corrected chi connectivity index (χ4v) is 2.35. The molecule has 1 N–H and O–H groups in total. The molecule has 1 aliphatic rings. The van der Waals surface area contributed by atoms with Crippen LogP contribution < -0.4 is 5.32 Å². The largest absolute Gasteiger partial charge is 0.493 e. The second-order valence-corrected chi connectivity index (χ2v) is 5.94. The summed E-state index contributed by atoms with van der Waals surface area (Å²) in [7, 11) is 0. The van der Waals surface area contributed by atoms with Gasteiger partial charge in [0.15, 0.2) is 6.61 Å². The van der Waals surface area contributed by atoms with Gasteiger partial charge in [0.25, 0.3) is 5.91 Å². The Balaban J connectivity index is 1.88. The van der Waals surface area contributed by atoms with Gasteiger partial charge in [-0.1, -0.05) is 44.2 Å². The van der Waals surface area contributed by atoms with Crippen LogP contribution in [0.15, 0.2) is 42.4 Å². The number of amides is 1. The highest BCUT2D eigenvalue weighted by molar-refractivity contribution is 5.88. The first-order valence-electron chi connectivity index (χ1n) is 8.02. The van der Waals surface area contributed by atoms with Gasteiger partial charge in [0.1, 0.15) is 19.5 Å². The Hall–Kier alpha value is -2.50. The van der Waals surface area contributed by atoms with E-state index in [2.05, 4.69) is 19.2 Å². The molecular weight excluding hydrogens is 310 g/mol. The van der Waals surface area contributed by atoms with E-state index in [-0.39, 0.29) is 30.9 Å². The Morgan fingerprint density at radius 1 is 1.21 bits per heavy atom. The van der Waals surface area contributed by atoms with Crippen LogP contribution in [0.4, 0.5) is 0 Å². The fourth-order valence-electron chi connectivity index (χ4n) is 2.35. The Morgan fingerprint density at radius 2 is 1.96 bits per heavy atom. The summed E-state index contributed by atoms with van der Waals surface area (Å²) in [5.74, 6) is -0.660. The van der Waals surface area contributed by atoms with Crippen LogP contribution in [0.5, 0.6) is 0 Å². The van der Waals surface area contributed by atoms with Gasteiger partial charge in [-0.3, -0.25) is 4.79 Å². The molecule has 0 aliphatic carbocycles. The molecule has 1 amide bonds. The third kappa shape index (κ3) is 5.61. The number of esters is 1. The van der Waals surface area contributed by atoms with Crippen LogP contribution in [0, 0.1) is 5.92 Å². The van der Waals surface area contributed by atoms with Gasteiger partial charge in [-0.15, -0.1) is 0 Å². The van der Waals surface area contributed by atoms with Gasteiger partial charge in [0, 0.05) is 0 Å². The molecule has 0 unspecified atom stereocenters. The summed E-state index contributed by atoms with van der Waals surface area (Å²) in [6, 6.07) is 9.61. The molecule has 1 aromatic rings. The van der Waals surface area contributed by atoms with Gasteiger partial charge in [0.05, 0.1) is 6.04 Å². The molecule has 1 aliphatic heterocycles. The van der Waals surface area contributed by atoms with Crippen LogP contribution in [-0.4, -0.2) is 31.7 Å². The van der Waals surface area contributed by atoms with Crippen LogP contribution in [0.1, 0.15) is 31.9 Å². The van der Waals surface area contributed by atoms with E-state index < -0.39 is 5.97 Å². The van der Waals surface area contributed by atoms with E-state index in [9.17, 15) is 9.59 Å². The molecule has 6 heteroatoms. The molecule has 2 rings (SSSR count). The Morgan fingerprint density at radius 3 is 2.58 bits per heavy atom. The maximum atomic E-state index is 12.1. The zero-order chi connectivity index (χ0) is 17.4. The molecule has 1 heterocycles. The minimum absolute atomic E-state index is 0.0177. The monoisotopic (exact) mass is 333 g/mol. The van der Waals surface area contributed by atoms with Crippen molar-refractivity contribution in [3.05, 3.63) is 47.9 Å². The van der Waals surface area contributed by atoms with Gasteiger partial charge >= 0.3 is 5.97 Å². The number of nitrogens with one attached hydrogen (secondary N) is 1. The number of hydrogen-bond donors (Lipinski definition) is 1. The lowest BCUT2D eigenvalue weighted by Gasteiger charge is -2.21. The normalized spacial score (nSPS) is 14.9. The molecule has 1 aromatic carbocycles. The van der Waals surface area contributed by atoms with Crippen molar-refractivity contribution in [2.24, 2.45) is 5.92 Å². The minimum Gasteiger partial charge on any atom is -0.493 e. The topological polar surface area (TPSA) is 73.9 Å². The molecule has 0 fully saturated rings. The quantitative estimate of drug-likeness (QED) is 0.775. The van der Waals surface area contributed by atoms with E-state index in [1.807, 2.05) is 30.3 Å². The number of rotatable bonds is 7. The molecular formula is C18H23NO5. The zero-order valence-electron chi connectivity index (χ0n) is 14.0. The molecule has 0 saturated carbocycles. The summed E-state index contributed by atoms with van der Waals surface area (Å²) in [5, 5.41) is 2.92. The lowest BCUT2D eigenvalue weighted by atomic mass is 9.97. The third-order valence-corrected chi connectivity index (χ3v) is 3.43. The summed E-state index contributed by atoms with van der Waals surface area (Å²) in [4.78, 5) is 23.9. The van der Waals surface area contributed by atoms with Crippen LogP contribution in [0.2, 0.25) is 0 Å². The Bertz CT molecular complexity index is 582. The first-order valence-corrected chi connectivity index (χ1v) is 8.02. The van der Waals surface area contributed by atoms with Crippen molar-refractivity contribution in [3.63, 3.8) is 0 Å². The second kappa shape index (κ2) is 8.96. The fraction of sp³-hybridized carbons (Fsp3) is 0.444. The highest BCUT2D eigenvalue weighted by atomic mass is 16.6. The van der Waals surface area contributed by atoms with Gasteiger partial charge in [-0.2, -0.15) is 0 Å². The molecule has 0 spiro atoms. The van der Waals surface area contributed by atoms with Gasteiger partial charge in [-0.25, -0.2) is 4.79 Å². The number of benzene rings is 1. The van der Waals surface area contributed by atoms with Crippen molar-refractivity contribution in [3.8, 4) is 0 Å². The second-order valence-electron chi connectivity index (χ2n) is 5.94. The van der Waals surface area contributed by atoms with Gasteiger partial charge in [-0.05, 0) is 17.9 Å². The summed E-state index contributed by atoms with van der Waals surface area (Å²) >= 11 is 0. The van der Waals surface area contributed by atoms with Gasteiger partial charge < -0.3 is 19.5 Å². The molecule has 1 atom stereocenters. The maximum absolute atomic E-state index is 12.1. The van der Waals surface area contributed by atoms with Crippen molar-refractivity contribution in [2.45, 2.75) is 26.3 Å². The zero-order valence-corrected chi connectivity index (χ0v) is 14.0. The standard InChI is InChI=1S/C18H23NO5/c1-13(2)10-15(14-6-4-3-5-7-14)19-17(20)12-24-18(21)16-11-22-8-9-23-16/h3-7,11,13,15H,8-10,12H2,1-2H3,(H,19,20)/t15-/m0/s1. The average Bonchev–Trinajstić information content (AvgIpc) is 2.60.